The van der Waals surface area contributed by atoms with Crippen LogP contribution in [0.3, 0.4) is 0 Å². The van der Waals surface area contributed by atoms with E-state index in [2.05, 4.69) is 5.32 Å². The van der Waals surface area contributed by atoms with Gasteiger partial charge in [0.2, 0.25) is 0 Å². The molecule has 0 aromatic heterocycles. The minimum absolute atomic E-state index is 0. The van der Waals surface area contributed by atoms with Gasteiger partial charge in [0.05, 0.1) is 10.6 Å². The van der Waals surface area contributed by atoms with Gasteiger partial charge in [-0.1, -0.05) is 17.7 Å². The molecule has 1 aromatic carbocycles. The van der Waals surface area contributed by atoms with E-state index in [1.807, 2.05) is 36.9 Å². The largest absolute Gasteiger partial charge is 0.333 e. The van der Waals surface area contributed by atoms with Crippen molar-refractivity contribution < 1.29 is 4.79 Å². The molecule has 1 aliphatic heterocycles. The fourth-order valence-electron chi connectivity index (χ4n) is 2.09. The SMILES string of the molecule is Cc1ccc(C(=O)N2CCNC[C@H]2C)c(Cl)c1.Cl. The van der Waals surface area contributed by atoms with E-state index in [-0.39, 0.29) is 24.4 Å². The molecule has 0 saturated carbocycles. The van der Waals surface area contributed by atoms with Crippen LogP contribution in [0.5, 0.6) is 0 Å². The molecule has 1 aliphatic rings. The van der Waals surface area contributed by atoms with Crippen molar-refractivity contribution in [2.45, 2.75) is 19.9 Å². The smallest absolute Gasteiger partial charge is 0.255 e. The van der Waals surface area contributed by atoms with Crippen molar-refractivity contribution >= 4 is 29.9 Å². The minimum atomic E-state index is 0. The first-order chi connectivity index (χ1) is 8.09. The molecular weight excluding hydrogens is 271 g/mol. The van der Waals surface area contributed by atoms with Crippen LogP contribution < -0.4 is 5.32 Å². The topological polar surface area (TPSA) is 32.3 Å². The molecule has 0 aliphatic carbocycles. The van der Waals surface area contributed by atoms with Crippen LogP contribution in [0.2, 0.25) is 5.02 Å². The van der Waals surface area contributed by atoms with Crippen molar-refractivity contribution in [2.75, 3.05) is 19.6 Å². The number of carbonyl (C=O) groups excluding carboxylic acids is 1. The van der Waals surface area contributed by atoms with Gasteiger partial charge in [-0.05, 0) is 31.5 Å². The van der Waals surface area contributed by atoms with Gasteiger partial charge in [0, 0.05) is 25.7 Å². The maximum Gasteiger partial charge on any atom is 0.255 e. The lowest BCUT2D eigenvalue weighted by molar-refractivity contribution is 0.0656. The second kappa shape index (κ2) is 6.41. The Labute approximate surface area is 119 Å². The van der Waals surface area contributed by atoms with Crippen molar-refractivity contribution in [1.29, 1.82) is 0 Å². The molecule has 1 saturated heterocycles. The number of piperazine rings is 1. The molecule has 1 aromatic rings. The van der Waals surface area contributed by atoms with E-state index in [4.69, 9.17) is 11.6 Å². The van der Waals surface area contributed by atoms with Gasteiger partial charge in [-0.2, -0.15) is 0 Å². The zero-order valence-corrected chi connectivity index (χ0v) is 12.1. The van der Waals surface area contributed by atoms with Crippen LogP contribution in [0.25, 0.3) is 0 Å². The summed E-state index contributed by atoms with van der Waals surface area (Å²) in [6, 6.07) is 5.79. The summed E-state index contributed by atoms with van der Waals surface area (Å²) in [4.78, 5) is 14.2. The predicted octanol–water partition coefficient (Wildman–Crippen LogP) is 2.50. The fourth-order valence-corrected chi connectivity index (χ4v) is 2.41. The number of nitrogens with one attached hydrogen (secondary N) is 1. The van der Waals surface area contributed by atoms with E-state index in [1.165, 1.54) is 0 Å². The summed E-state index contributed by atoms with van der Waals surface area (Å²) in [5, 5.41) is 3.81. The summed E-state index contributed by atoms with van der Waals surface area (Å²) >= 11 is 6.13. The van der Waals surface area contributed by atoms with E-state index in [9.17, 15) is 4.79 Å². The van der Waals surface area contributed by atoms with Crippen LogP contribution in [0.4, 0.5) is 0 Å². The maximum absolute atomic E-state index is 12.4. The lowest BCUT2D eigenvalue weighted by Crippen LogP contribution is -2.52. The van der Waals surface area contributed by atoms with E-state index in [0.29, 0.717) is 10.6 Å². The van der Waals surface area contributed by atoms with E-state index in [1.54, 1.807) is 0 Å². The van der Waals surface area contributed by atoms with Crippen molar-refractivity contribution in [3.05, 3.63) is 34.3 Å². The highest BCUT2D eigenvalue weighted by molar-refractivity contribution is 6.33. The molecule has 0 bridgehead atoms. The average Bonchev–Trinajstić information content (AvgIpc) is 2.29. The zero-order chi connectivity index (χ0) is 12.4. The van der Waals surface area contributed by atoms with Gasteiger partial charge in [0.25, 0.3) is 5.91 Å². The summed E-state index contributed by atoms with van der Waals surface area (Å²) < 4.78 is 0. The molecule has 5 heteroatoms. The predicted molar refractivity (Wildman–Crippen MR) is 76.8 cm³/mol. The van der Waals surface area contributed by atoms with Gasteiger partial charge in [0.15, 0.2) is 0 Å². The number of benzene rings is 1. The number of carbonyl (C=O) groups is 1. The Morgan fingerprint density at radius 1 is 1.50 bits per heavy atom. The highest BCUT2D eigenvalue weighted by Gasteiger charge is 2.25. The third-order valence-corrected chi connectivity index (χ3v) is 3.43. The number of hydrogen-bond donors (Lipinski definition) is 1. The summed E-state index contributed by atoms with van der Waals surface area (Å²) in [5.74, 6) is 0.0315. The summed E-state index contributed by atoms with van der Waals surface area (Å²) in [7, 11) is 0. The summed E-state index contributed by atoms with van der Waals surface area (Å²) in [6.07, 6.45) is 0. The maximum atomic E-state index is 12.4. The molecule has 0 unspecified atom stereocenters. The Morgan fingerprint density at radius 3 is 2.83 bits per heavy atom. The lowest BCUT2D eigenvalue weighted by Gasteiger charge is -2.34. The van der Waals surface area contributed by atoms with Crippen molar-refractivity contribution in [2.24, 2.45) is 0 Å². The highest BCUT2D eigenvalue weighted by Crippen LogP contribution is 2.20. The number of nitrogens with zero attached hydrogens (tertiary/aromatic N) is 1. The number of amides is 1. The quantitative estimate of drug-likeness (QED) is 0.861. The molecule has 1 fully saturated rings. The first kappa shape index (κ1) is 15.3. The number of rotatable bonds is 1. The van der Waals surface area contributed by atoms with Crippen LogP contribution in [0.15, 0.2) is 18.2 Å². The van der Waals surface area contributed by atoms with E-state index >= 15 is 0 Å². The monoisotopic (exact) mass is 288 g/mol. The second-order valence-electron chi connectivity index (χ2n) is 4.53. The first-order valence-corrected chi connectivity index (χ1v) is 6.25. The van der Waals surface area contributed by atoms with Gasteiger partial charge in [0.1, 0.15) is 0 Å². The van der Waals surface area contributed by atoms with Crippen LogP contribution in [0.1, 0.15) is 22.8 Å². The van der Waals surface area contributed by atoms with Gasteiger partial charge >= 0.3 is 0 Å². The molecule has 18 heavy (non-hydrogen) atoms. The molecular formula is C13H18Cl2N2O. The molecule has 1 amide bonds. The van der Waals surface area contributed by atoms with Crippen LogP contribution in [-0.4, -0.2) is 36.5 Å². The van der Waals surface area contributed by atoms with Gasteiger partial charge < -0.3 is 10.2 Å². The number of hydrogen-bond acceptors (Lipinski definition) is 2. The molecule has 0 radical (unpaired) electrons. The molecule has 100 valence electrons. The van der Waals surface area contributed by atoms with Crippen molar-refractivity contribution in [1.82, 2.24) is 10.2 Å². The van der Waals surface area contributed by atoms with Crippen molar-refractivity contribution in [3.63, 3.8) is 0 Å². The molecule has 3 nitrogen and oxygen atoms in total. The molecule has 1 atom stereocenters. The second-order valence-corrected chi connectivity index (χ2v) is 4.94. The van der Waals surface area contributed by atoms with E-state index < -0.39 is 0 Å². The summed E-state index contributed by atoms with van der Waals surface area (Å²) in [5.41, 5.74) is 1.67. The van der Waals surface area contributed by atoms with Gasteiger partial charge in [-0.25, -0.2) is 0 Å². The standard InChI is InChI=1S/C13H17ClN2O.ClH/c1-9-3-4-11(12(14)7-9)13(17)16-6-5-15-8-10(16)2;/h3-4,7,10,15H,5-6,8H2,1-2H3;1H/t10-;/m1./s1. The zero-order valence-electron chi connectivity index (χ0n) is 10.6. The van der Waals surface area contributed by atoms with Gasteiger partial charge in [-0.15, -0.1) is 12.4 Å². The first-order valence-electron chi connectivity index (χ1n) is 5.87. The molecule has 1 heterocycles. The third kappa shape index (κ3) is 3.16. The Kier molecular flexibility index (Phi) is 5.45. The van der Waals surface area contributed by atoms with Crippen LogP contribution in [-0.2, 0) is 0 Å². The molecule has 2 rings (SSSR count). The van der Waals surface area contributed by atoms with Crippen LogP contribution in [0, 0.1) is 6.92 Å². The Balaban J connectivity index is 0.00000162. The normalized spacial score (nSPS) is 19.3. The van der Waals surface area contributed by atoms with Crippen molar-refractivity contribution in [3.8, 4) is 0 Å². The number of halogens is 2. The third-order valence-electron chi connectivity index (χ3n) is 3.12. The Bertz CT molecular complexity index is 437. The summed E-state index contributed by atoms with van der Waals surface area (Å²) in [6.45, 7) is 6.44. The minimum Gasteiger partial charge on any atom is -0.333 e. The molecule has 1 N–H and O–H groups in total. The fraction of sp³-hybridized carbons (Fsp3) is 0.462. The van der Waals surface area contributed by atoms with E-state index in [0.717, 1.165) is 25.2 Å². The number of aryl methyl sites for hydroxylation is 1. The Hall–Kier alpha value is -0.770. The van der Waals surface area contributed by atoms with Gasteiger partial charge in [-0.3, -0.25) is 4.79 Å². The lowest BCUT2D eigenvalue weighted by atomic mass is 10.1. The Morgan fingerprint density at radius 2 is 2.22 bits per heavy atom. The average molecular weight is 289 g/mol. The molecule has 0 spiro atoms. The van der Waals surface area contributed by atoms with Crippen LogP contribution >= 0.6 is 24.0 Å². The highest BCUT2D eigenvalue weighted by atomic mass is 35.5.